The molecule has 0 aromatic heterocycles. The summed E-state index contributed by atoms with van der Waals surface area (Å²) in [5.74, 6) is 0.422. The maximum absolute atomic E-state index is 12.2. The molecule has 0 bridgehead atoms. The highest BCUT2D eigenvalue weighted by Crippen LogP contribution is 2.20. The molecule has 0 fully saturated rings. The summed E-state index contributed by atoms with van der Waals surface area (Å²) < 4.78 is 5.19. The highest BCUT2D eigenvalue weighted by molar-refractivity contribution is 5.89. The third-order valence-corrected chi connectivity index (χ3v) is 3.16. The first kappa shape index (κ1) is 16.4. The molecule has 0 spiro atoms. The van der Waals surface area contributed by atoms with Crippen molar-refractivity contribution in [3.63, 3.8) is 0 Å². The zero-order chi connectivity index (χ0) is 16.7. The highest BCUT2D eigenvalue weighted by atomic mass is 16.6. The zero-order valence-corrected chi connectivity index (χ0v) is 13.1. The first-order chi connectivity index (χ1) is 11.1. The molecule has 2 N–H and O–H groups in total. The van der Waals surface area contributed by atoms with Gasteiger partial charge in [-0.3, -0.25) is 0 Å². The number of anilines is 1. The SMILES string of the molecule is CNC(=O)Oc1ccccc1CN(C)C(=O)Nc1ccccc1. The minimum Gasteiger partial charge on any atom is -0.410 e. The number of nitrogens with one attached hydrogen (secondary N) is 2. The molecule has 3 amide bonds. The fourth-order valence-electron chi connectivity index (χ4n) is 1.95. The van der Waals surface area contributed by atoms with Crippen LogP contribution < -0.4 is 15.4 Å². The van der Waals surface area contributed by atoms with Gasteiger partial charge >= 0.3 is 12.1 Å². The van der Waals surface area contributed by atoms with E-state index >= 15 is 0 Å². The van der Waals surface area contributed by atoms with Gasteiger partial charge in [0.2, 0.25) is 0 Å². The van der Waals surface area contributed by atoms with E-state index in [0.717, 1.165) is 11.3 Å². The van der Waals surface area contributed by atoms with Crippen LogP contribution in [0.5, 0.6) is 5.75 Å². The number of amides is 3. The van der Waals surface area contributed by atoms with Crippen LogP contribution in [-0.4, -0.2) is 31.1 Å². The van der Waals surface area contributed by atoms with E-state index < -0.39 is 6.09 Å². The van der Waals surface area contributed by atoms with Gasteiger partial charge in [0.25, 0.3) is 0 Å². The number of hydrogen-bond donors (Lipinski definition) is 2. The van der Waals surface area contributed by atoms with Gasteiger partial charge in [0.15, 0.2) is 0 Å². The lowest BCUT2D eigenvalue weighted by molar-refractivity contribution is 0.201. The van der Waals surface area contributed by atoms with Gasteiger partial charge in [0.05, 0.1) is 6.54 Å². The molecule has 0 heterocycles. The molecule has 0 radical (unpaired) electrons. The van der Waals surface area contributed by atoms with E-state index in [2.05, 4.69) is 10.6 Å². The van der Waals surface area contributed by atoms with Crippen molar-refractivity contribution >= 4 is 17.8 Å². The van der Waals surface area contributed by atoms with E-state index in [-0.39, 0.29) is 6.03 Å². The number of carbonyl (C=O) groups excluding carboxylic acids is 2. The number of rotatable bonds is 4. The van der Waals surface area contributed by atoms with E-state index in [4.69, 9.17) is 4.74 Å². The van der Waals surface area contributed by atoms with Crippen LogP contribution in [0.4, 0.5) is 15.3 Å². The summed E-state index contributed by atoms with van der Waals surface area (Å²) in [6, 6.07) is 16.1. The molecular formula is C17H19N3O3. The Balaban J connectivity index is 2.03. The molecule has 120 valence electrons. The highest BCUT2D eigenvalue weighted by Gasteiger charge is 2.13. The van der Waals surface area contributed by atoms with Gasteiger partial charge in [-0.2, -0.15) is 0 Å². The Bertz CT molecular complexity index is 674. The second-order valence-electron chi connectivity index (χ2n) is 4.90. The predicted molar refractivity (Wildman–Crippen MR) is 88.5 cm³/mol. The van der Waals surface area contributed by atoms with E-state index in [1.165, 1.54) is 11.9 Å². The van der Waals surface area contributed by atoms with Crippen molar-refractivity contribution in [3.8, 4) is 5.75 Å². The molecular weight excluding hydrogens is 294 g/mol. The van der Waals surface area contributed by atoms with Crippen LogP contribution in [-0.2, 0) is 6.54 Å². The van der Waals surface area contributed by atoms with Gasteiger partial charge in [0, 0.05) is 25.3 Å². The molecule has 2 aromatic rings. The van der Waals surface area contributed by atoms with Gasteiger partial charge in [-0.15, -0.1) is 0 Å². The Morgan fingerprint density at radius 1 is 1.04 bits per heavy atom. The maximum atomic E-state index is 12.2. The standard InChI is InChI=1S/C17H19N3O3/c1-18-17(22)23-15-11-7-6-8-13(15)12-20(2)16(21)19-14-9-4-3-5-10-14/h3-11H,12H2,1-2H3,(H,18,22)(H,19,21). The molecule has 0 saturated heterocycles. The normalized spacial score (nSPS) is 9.83. The second kappa shape index (κ2) is 7.84. The summed E-state index contributed by atoms with van der Waals surface area (Å²) in [6.07, 6.45) is -0.547. The number of hydrogen-bond acceptors (Lipinski definition) is 3. The van der Waals surface area contributed by atoms with Gasteiger partial charge in [-0.1, -0.05) is 36.4 Å². The minimum atomic E-state index is -0.547. The summed E-state index contributed by atoms with van der Waals surface area (Å²) >= 11 is 0. The third-order valence-electron chi connectivity index (χ3n) is 3.16. The average Bonchev–Trinajstić information content (AvgIpc) is 2.57. The number of nitrogens with zero attached hydrogens (tertiary/aromatic N) is 1. The maximum Gasteiger partial charge on any atom is 0.412 e. The molecule has 0 atom stereocenters. The fraction of sp³-hybridized carbons (Fsp3) is 0.176. The van der Waals surface area contributed by atoms with Crippen molar-refractivity contribution < 1.29 is 14.3 Å². The molecule has 2 rings (SSSR count). The number of ether oxygens (including phenoxy) is 1. The van der Waals surface area contributed by atoms with Crippen LogP contribution in [0.1, 0.15) is 5.56 Å². The second-order valence-corrected chi connectivity index (χ2v) is 4.90. The fourth-order valence-corrected chi connectivity index (χ4v) is 1.95. The molecule has 0 aliphatic heterocycles. The Morgan fingerprint density at radius 3 is 2.39 bits per heavy atom. The van der Waals surface area contributed by atoms with Crippen LogP contribution in [0, 0.1) is 0 Å². The predicted octanol–water partition coefficient (Wildman–Crippen LogP) is 3.07. The molecule has 23 heavy (non-hydrogen) atoms. The minimum absolute atomic E-state index is 0.244. The topological polar surface area (TPSA) is 70.7 Å². The Hall–Kier alpha value is -3.02. The first-order valence-electron chi connectivity index (χ1n) is 7.15. The Labute approximate surface area is 135 Å². The largest absolute Gasteiger partial charge is 0.412 e. The van der Waals surface area contributed by atoms with Crippen molar-refractivity contribution in [2.75, 3.05) is 19.4 Å². The van der Waals surface area contributed by atoms with Crippen LogP contribution in [0.25, 0.3) is 0 Å². The van der Waals surface area contributed by atoms with Crippen molar-refractivity contribution in [2.45, 2.75) is 6.54 Å². The van der Waals surface area contributed by atoms with Crippen molar-refractivity contribution in [1.29, 1.82) is 0 Å². The average molecular weight is 313 g/mol. The van der Waals surface area contributed by atoms with Crippen molar-refractivity contribution in [3.05, 3.63) is 60.2 Å². The summed E-state index contributed by atoms with van der Waals surface area (Å²) in [4.78, 5) is 25.1. The van der Waals surface area contributed by atoms with E-state index in [1.54, 1.807) is 19.2 Å². The lowest BCUT2D eigenvalue weighted by Gasteiger charge is -2.19. The molecule has 0 unspecified atom stereocenters. The number of urea groups is 1. The lowest BCUT2D eigenvalue weighted by Crippen LogP contribution is -2.31. The summed E-state index contributed by atoms with van der Waals surface area (Å²) in [5, 5.41) is 5.20. The van der Waals surface area contributed by atoms with Crippen molar-refractivity contribution in [1.82, 2.24) is 10.2 Å². The Kier molecular flexibility index (Phi) is 5.57. The summed E-state index contributed by atoms with van der Waals surface area (Å²) in [5.41, 5.74) is 1.46. The van der Waals surface area contributed by atoms with E-state index in [0.29, 0.717) is 12.3 Å². The van der Waals surface area contributed by atoms with Gasteiger partial charge in [0.1, 0.15) is 5.75 Å². The monoisotopic (exact) mass is 313 g/mol. The van der Waals surface area contributed by atoms with Crippen LogP contribution >= 0.6 is 0 Å². The van der Waals surface area contributed by atoms with Gasteiger partial charge < -0.3 is 20.3 Å². The van der Waals surface area contributed by atoms with Gasteiger partial charge in [-0.25, -0.2) is 9.59 Å². The Morgan fingerprint density at radius 2 is 1.70 bits per heavy atom. The van der Waals surface area contributed by atoms with Gasteiger partial charge in [-0.05, 0) is 18.2 Å². The number of para-hydroxylation sites is 2. The van der Waals surface area contributed by atoms with Crippen molar-refractivity contribution in [2.24, 2.45) is 0 Å². The zero-order valence-electron chi connectivity index (χ0n) is 13.1. The number of benzene rings is 2. The molecule has 0 saturated carbocycles. The van der Waals surface area contributed by atoms with E-state index in [1.807, 2.05) is 42.5 Å². The summed E-state index contributed by atoms with van der Waals surface area (Å²) in [6.45, 7) is 0.311. The third kappa shape index (κ3) is 4.74. The summed E-state index contributed by atoms with van der Waals surface area (Å²) in [7, 11) is 3.17. The molecule has 2 aromatic carbocycles. The van der Waals surface area contributed by atoms with Crippen LogP contribution in [0.3, 0.4) is 0 Å². The molecule has 0 aliphatic rings. The van der Waals surface area contributed by atoms with E-state index in [9.17, 15) is 9.59 Å². The molecule has 6 heteroatoms. The quantitative estimate of drug-likeness (QED) is 0.911. The first-order valence-corrected chi connectivity index (χ1v) is 7.15. The smallest absolute Gasteiger partial charge is 0.410 e. The molecule has 0 aliphatic carbocycles. The number of carbonyl (C=O) groups is 2. The van der Waals surface area contributed by atoms with Crippen LogP contribution in [0.2, 0.25) is 0 Å². The lowest BCUT2D eigenvalue weighted by atomic mass is 10.2. The molecule has 6 nitrogen and oxygen atoms in total. The van der Waals surface area contributed by atoms with Crippen LogP contribution in [0.15, 0.2) is 54.6 Å².